The number of urea groups is 1. The summed E-state index contributed by atoms with van der Waals surface area (Å²) in [5.41, 5.74) is 2.03. The highest BCUT2D eigenvalue weighted by Gasteiger charge is 2.09. The quantitative estimate of drug-likeness (QED) is 0.624. The van der Waals surface area contributed by atoms with Crippen molar-refractivity contribution in [3.8, 4) is 5.75 Å². The van der Waals surface area contributed by atoms with E-state index in [4.69, 9.17) is 4.74 Å². The van der Waals surface area contributed by atoms with Crippen molar-refractivity contribution in [2.24, 2.45) is 0 Å². The van der Waals surface area contributed by atoms with Crippen LogP contribution in [-0.4, -0.2) is 24.0 Å². The van der Waals surface area contributed by atoms with Gasteiger partial charge in [-0.3, -0.25) is 4.79 Å². The average molecular weight is 370 g/mol. The second-order valence-electron chi connectivity index (χ2n) is 5.41. The molecule has 3 N–H and O–H groups in total. The molecule has 0 atom stereocenters. The number of hydrogen-bond donors (Lipinski definition) is 3. The topological polar surface area (TPSA) is 92.4 Å². The molecular formula is C18H18N4O3S. The molecule has 1 heterocycles. The third-order valence-electron chi connectivity index (χ3n) is 3.54. The Balaban J connectivity index is 1.69. The van der Waals surface area contributed by atoms with Crippen molar-refractivity contribution in [3.05, 3.63) is 42.5 Å². The summed E-state index contributed by atoms with van der Waals surface area (Å²) in [4.78, 5) is 28.0. The number of rotatable bonds is 5. The van der Waals surface area contributed by atoms with Gasteiger partial charge >= 0.3 is 6.03 Å². The number of fused-ring (bicyclic) bond motifs is 1. The molecule has 134 valence electrons. The molecular weight excluding hydrogens is 352 g/mol. The number of carbonyl (C=O) groups excluding carboxylic acids is 2. The molecule has 0 unspecified atom stereocenters. The van der Waals surface area contributed by atoms with E-state index in [9.17, 15) is 9.59 Å². The maximum absolute atomic E-state index is 12.2. The van der Waals surface area contributed by atoms with Crippen molar-refractivity contribution in [1.29, 1.82) is 0 Å². The van der Waals surface area contributed by atoms with Gasteiger partial charge in [0.15, 0.2) is 5.13 Å². The zero-order chi connectivity index (χ0) is 18.5. The summed E-state index contributed by atoms with van der Waals surface area (Å²) in [5.74, 6) is 0.579. The molecule has 0 bridgehead atoms. The van der Waals surface area contributed by atoms with Crippen LogP contribution in [0.5, 0.6) is 5.75 Å². The summed E-state index contributed by atoms with van der Waals surface area (Å²) in [6.07, 6.45) is 0.396. The van der Waals surface area contributed by atoms with Gasteiger partial charge in [0.1, 0.15) is 5.75 Å². The molecule has 26 heavy (non-hydrogen) atoms. The minimum atomic E-state index is -0.360. The Morgan fingerprint density at radius 1 is 1.08 bits per heavy atom. The third kappa shape index (κ3) is 4.28. The lowest BCUT2D eigenvalue weighted by atomic mass is 10.3. The van der Waals surface area contributed by atoms with E-state index in [-0.39, 0.29) is 11.9 Å². The monoisotopic (exact) mass is 370 g/mol. The molecule has 0 saturated heterocycles. The van der Waals surface area contributed by atoms with E-state index in [1.807, 2.05) is 6.07 Å². The molecule has 3 rings (SSSR count). The Morgan fingerprint density at radius 2 is 1.85 bits per heavy atom. The van der Waals surface area contributed by atoms with Gasteiger partial charge in [-0.1, -0.05) is 24.3 Å². The predicted octanol–water partition coefficient (Wildman–Crippen LogP) is 4.30. The molecule has 2 aromatic carbocycles. The Hall–Kier alpha value is -3.13. The van der Waals surface area contributed by atoms with E-state index >= 15 is 0 Å². The third-order valence-corrected chi connectivity index (χ3v) is 4.47. The number of amides is 3. The number of benzene rings is 2. The van der Waals surface area contributed by atoms with Crippen LogP contribution in [0.25, 0.3) is 10.2 Å². The van der Waals surface area contributed by atoms with Crippen LogP contribution in [0.4, 0.5) is 21.3 Å². The van der Waals surface area contributed by atoms with Crippen LogP contribution in [0.2, 0.25) is 0 Å². The molecule has 0 radical (unpaired) electrons. The van der Waals surface area contributed by atoms with Gasteiger partial charge in [0, 0.05) is 23.9 Å². The van der Waals surface area contributed by atoms with Crippen LogP contribution in [0.1, 0.15) is 13.3 Å². The van der Waals surface area contributed by atoms with Gasteiger partial charge in [-0.2, -0.15) is 0 Å². The maximum atomic E-state index is 12.2. The molecule has 8 heteroatoms. The molecule has 0 fully saturated rings. The van der Waals surface area contributed by atoms with E-state index in [1.54, 1.807) is 50.4 Å². The first-order valence-electron chi connectivity index (χ1n) is 8.00. The summed E-state index contributed by atoms with van der Waals surface area (Å²) < 4.78 is 6.00. The molecule has 0 aliphatic carbocycles. The smallest absolute Gasteiger partial charge is 0.323 e. The lowest BCUT2D eigenvalue weighted by Crippen LogP contribution is -2.19. The summed E-state index contributed by atoms with van der Waals surface area (Å²) in [6, 6.07) is 12.1. The fraction of sp³-hybridized carbons (Fsp3) is 0.167. The van der Waals surface area contributed by atoms with Crippen LogP contribution < -0.4 is 20.7 Å². The maximum Gasteiger partial charge on any atom is 0.323 e. The van der Waals surface area contributed by atoms with Crippen LogP contribution in [0.15, 0.2) is 42.5 Å². The van der Waals surface area contributed by atoms with Crippen LogP contribution >= 0.6 is 11.3 Å². The van der Waals surface area contributed by atoms with E-state index in [0.717, 1.165) is 10.2 Å². The Kier molecular flexibility index (Phi) is 5.33. The van der Waals surface area contributed by atoms with Crippen LogP contribution in [-0.2, 0) is 4.79 Å². The molecule has 0 spiro atoms. The van der Waals surface area contributed by atoms with Crippen molar-refractivity contribution in [1.82, 2.24) is 4.98 Å². The standard InChI is InChI=1S/C18H18N4O3S/c1-3-16(23)22-18-21-14-8-7-12(10-15(14)26-18)20-17(24)19-11-5-4-6-13(9-11)25-2/h4-10H,3H2,1-2H3,(H2,19,20,24)(H,21,22,23). The minimum absolute atomic E-state index is 0.0833. The normalized spacial score (nSPS) is 10.4. The number of nitrogens with zero attached hydrogens (tertiary/aromatic N) is 1. The second-order valence-corrected chi connectivity index (χ2v) is 6.44. The average Bonchev–Trinajstić information content (AvgIpc) is 3.03. The number of hydrogen-bond acceptors (Lipinski definition) is 5. The van der Waals surface area contributed by atoms with E-state index < -0.39 is 0 Å². The van der Waals surface area contributed by atoms with Gasteiger partial charge in [-0.05, 0) is 30.3 Å². The summed E-state index contributed by atoms with van der Waals surface area (Å²) >= 11 is 1.36. The Bertz CT molecular complexity index is 955. The van der Waals surface area contributed by atoms with Crippen molar-refractivity contribution in [2.75, 3.05) is 23.1 Å². The number of carbonyl (C=O) groups is 2. The first-order valence-corrected chi connectivity index (χ1v) is 8.81. The lowest BCUT2D eigenvalue weighted by molar-refractivity contribution is -0.115. The largest absolute Gasteiger partial charge is 0.497 e. The first kappa shape index (κ1) is 17.7. The fourth-order valence-electron chi connectivity index (χ4n) is 2.26. The van der Waals surface area contributed by atoms with Gasteiger partial charge < -0.3 is 20.7 Å². The zero-order valence-electron chi connectivity index (χ0n) is 14.3. The van der Waals surface area contributed by atoms with Crippen LogP contribution in [0, 0.1) is 0 Å². The zero-order valence-corrected chi connectivity index (χ0v) is 15.1. The molecule has 1 aromatic heterocycles. The number of thiazole rings is 1. The van der Waals surface area contributed by atoms with Gasteiger partial charge in [-0.25, -0.2) is 9.78 Å². The highest BCUT2D eigenvalue weighted by atomic mass is 32.1. The molecule has 3 aromatic rings. The van der Waals surface area contributed by atoms with Crippen LogP contribution in [0.3, 0.4) is 0 Å². The van der Waals surface area contributed by atoms with E-state index in [1.165, 1.54) is 11.3 Å². The van der Waals surface area contributed by atoms with Crippen molar-refractivity contribution in [2.45, 2.75) is 13.3 Å². The Labute approximate surface area is 154 Å². The molecule has 3 amide bonds. The van der Waals surface area contributed by atoms with Gasteiger partial charge in [0.25, 0.3) is 0 Å². The lowest BCUT2D eigenvalue weighted by Gasteiger charge is -2.08. The number of anilines is 3. The van der Waals surface area contributed by atoms with Gasteiger partial charge in [0.2, 0.25) is 5.91 Å². The second kappa shape index (κ2) is 7.83. The Morgan fingerprint density at radius 3 is 2.58 bits per heavy atom. The minimum Gasteiger partial charge on any atom is -0.497 e. The number of nitrogens with one attached hydrogen (secondary N) is 3. The summed E-state index contributed by atoms with van der Waals surface area (Å²) in [5, 5.41) is 8.82. The first-order chi connectivity index (χ1) is 12.6. The highest BCUT2D eigenvalue weighted by Crippen LogP contribution is 2.28. The molecule has 0 aliphatic heterocycles. The van der Waals surface area contributed by atoms with E-state index in [0.29, 0.717) is 28.7 Å². The summed E-state index contributed by atoms with van der Waals surface area (Å²) in [6.45, 7) is 1.78. The highest BCUT2D eigenvalue weighted by molar-refractivity contribution is 7.22. The predicted molar refractivity (Wildman–Crippen MR) is 104 cm³/mol. The van der Waals surface area contributed by atoms with Crippen molar-refractivity contribution < 1.29 is 14.3 Å². The van der Waals surface area contributed by atoms with Crippen molar-refractivity contribution >= 4 is 50.0 Å². The van der Waals surface area contributed by atoms with Gasteiger partial charge in [-0.15, -0.1) is 0 Å². The molecule has 0 aliphatic rings. The molecule has 0 saturated carbocycles. The fourth-order valence-corrected chi connectivity index (χ4v) is 3.18. The van der Waals surface area contributed by atoms with Crippen molar-refractivity contribution in [3.63, 3.8) is 0 Å². The SMILES string of the molecule is CCC(=O)Nc1nc2ccc(NC(=O)Nc3cccc(OC)c3)cc2s1. The number of aromatic nitrogens is 1. The van der Waals surface area contributed by atoms with E-state index in [2.05, 4.69) is 20.9 Å². The molecule has 7 nitrogen and oxygen atoms in total. The summed E-state index contributed by atoms with van der Waals surface area (Å²) in [7, 11) is 1.57. The number of methoxy groups -OCH3 is 1. The number of ether oxygens (including phenoxy) is 1. The van der Waals surface area contributed by atoms with Gasteiger partial charge in [0.05, 0.1) is 17.3 Å².